The Balaban J connectivity index is 1.50. The summed E-state index contributed by atoms with van der Waals surface area (Å²) in [5.74, 6) is 0.0719. The number of nitrogens with one attached hydrogen (secondary N) is 1. The number of carbonyl (C=O) groups excluding carboxylic acids is 2. The van der Waals surface area contributed by atoms with Crippen molar-refractivity contribution in [1.82, 2.24) is 4.90 Å². The van der Waals surface area contributed by atoms with Crippen molar-refractivity contribution in [3.63, 3.8) is 0 Å². The zero-order valence-corrected chi connectivity index (χ0v) is 20.3. The third-order valence-corrected chi connectivity index (χ3v) is 6.86. The third-order valence-electron chi connectivity index (χ3n) is 5.69. The van der Waals surface area contributed by atoms with Gasteiger partial charge in [0.2, 0.25) is 11.8 Å². The number of anilines is 1. The normalized spacial score (nSPS) is 17.4. The number of fused-ring (bicyclic) bond motifs is 1. The number of amidine groups is 1. The number of hydrogen-bond acceptors (Lipinski definition) is 4. The highest BCUT2D eigenvalue weighted by molar-refractivity contribution is 8.15. The van der Waals surface area contributed by atoms with Gasteiger partial charge < -0.3 is 5.32 Å². The summed E-state index contributed by atoms with van der Waals surface area (Å²) in [6.45, 7) is 8.85. The van der Waals surface area contributed by atoms with E-state index < -0.39 is 5.25 Å². The molecule has 1 N–H and O–H groups in total. The van der Waals surface area contributed by atoms with Gasteiger partial charge in [0.1, 0.15) is 5.25 Å². The van der Waals surface area contributed by atoms with Crippen LogP contribution in [0.3, 0.4) is 0 Å². The monoisotopic (exact) mass is 459 g/mol. The number of aliphatic imine (C=N–C) groups is 1. The van der Waals surface area contributed by atoms with Crippen LogP contribution in [0.25, 0.3) is 10.8 Å². The lowest BCUT2D eigenvalue weighted by atomic mass is 10.1. The minimum absolute atomic E-state index is 0.0510. The van der Waals surface area contributed by atoms with E-state index in [0.29, 0.717) is 17.6 Å². The van der Waals surface area contributed by atoms with E-state index in [1.54, 1.807) is 4.90 Å². The molecule has 5 nitrogen and oxygen atoms in total. The standard InChI is InChI=1S/C27H29N3O2S/c1-17(2)16-30-26(32)24(33-27(30)29-22-11-9-18(3)19(4)13-22)15-25(31)28-23-12-10-20-7-5-6-8-21(20)14-23/h5-14,17,24H,15-16H2,1-4H3,(H,28,31). The summed E-state index contributed by atoms with van der Waals surface area (Å²) >= 11 is 1.38. The molecule has 1 fully saturated rings. The van der Waals surface area contributed by atoms with Gasteiger partial charge >= 0.3 is 0 Å². The summed E-state index contributed by atoms with van der Waals surface area (Å²) in [4.78, 5) is 32.5. The lowest BCUT2D eigenvalue weighted by molar-refractivity contribution is -0.128. The number of amides is 2. The fourth-order valence-electron chi connectivity index (χ4n) is 3.81. The summed E-state index contributed by atoms with van der Waals surface area (Å²) in [5.41, 5.74) is 3.92. The Morgan fingerprint density at radius 3 is 2.52 bits per heavy atom. The maximum Gasteiger partial charge on any atom is 0.242 e. The van der Waals surface area contributed by atoms with Crippen LogP contribution in [0.15, 0.2) is 65.7 Å². The van der Waals surface area contributed by atoms with Crippen molar-refractivity contribution in [3.05, 3.63) is 71.8 Å². The van der Waals surface area contributed by atoms with Gasteiger partial charge in [-0.2, -0.15) is 0 Å². The molecule has 1 aliphatic heterocycles. The van der Waals surface area contributed by atoms with E-state index in [4.69, 9.17) is 4.99 Å². The molecule has 0 radical (unpaired) electrons. The minimum atomic E-state index is -0.477. The Bertz CT molecular complexity index is 1240. The van der Waals surface area contributed by atoms with Crippen LogP contribution in [0, 0.1) is 19.8 Å². The fourth-order valence-corrected chi connectivity index (χ4v) is 4.98. The Hall–Kier alpha value is -3.12. The van der Waals surface area contributed by atoms with Gasteiger partial charge in [0.05, 0.1) is 5.69 Å². The maximum atomic E-state index is 13.2. The molecule has 1 saturated heterocycles. The van der Waals surface area contributed by atoms with E-state index >= 15 is 0 Å². The summed E-state index contributed by atoms with van der Waals surface area (Å²) in [5, 5.41) is 5.32. The largest absolute Gasteiger partial charge is 0.326 e. The smallest absolute Gasteiger partial charge is 0.242 e. The molecule has 1 aliphatic rings. The molecule has 3 aromatic rings. The van der Waals surface area contributed by atoms with Crippen LogP contribution in [0.5, 0.6) is 0 Å². The molecular weight excluding hydrogens is 430 g/mol. The van der Waals surface area contributed by atoms with E-state index in [0.717, 1.165) is 27.7 Å². The van der Waals surface area contributed by atoms with Crippen LogP contribution in [-0.4, -0.2) is 33.7 Å². The lowest BCUT2D eigenvalue weighted by Gasteiger charge is -2.18. The minimum Gasteiger partial charge on any atom is -0.326 e. The molecular formula is C27H29N3O2S. The Morgan fingerprint density at radius 1 is 1.03 bits per heavy atom. The molecule has 170 valence electrons. The fraction of sp³-hybridized carbons (Fsp3) is 0.296. The zero-order chi connectivity index (χ0) is 23.5. The Kier molecular flexibility index (Phi) is 6.84. The van der Waals surface area contributed by atoms with Gasteiger partial charge in [-0.3, -0.25) is 14.5 Å². The molecule has 1 heterocycles. The summed E-state index contributed by atoms with van der Waals surface area (Å²) < 4.78 is 0. The van der Waals surface area contributed by atoms with Gasteiger partial charge in [0.15, 0.2) is 5.17 Å². The average molecular weight is 460 g/mol. The molecule has 6 heteroatoms. The second-order valence-corrected chi connectivity index (χ2v) is 10.1. The van der Waals surface area contributed by atoms with Crippen molar-refractivity contribution in [2.45, 2.75) is 39.4 Å². The van der Waals surface area contributed by atoms with Crippen LogP contribution in [0.2, 0.25) is 0 Å². The van der Waals surface area contributed by atoms with Crippen molar-refractivity contribution in [2.24, 2.45) is 10.9 Å². The van der Waals surface area contributed by atoms with Crippen LogP contribution in [0.4, 0.5) is 11.4 Å². The van der Waals surface area contributed by atoms with Gasteiger partial charge in [0.25, 0.3) is 0 Å². The van der Waals surface area contributed by atoms with Crippen molar-refractivity contribution in [3.8, 4) is 0 Å². The summed E-state index contributed by atoms with van der Waals surface area (Å²) in [6, 6.07) is 19.9. The Morgan fingerprint density at radius 2 is 1.79 bits per heavy atom. The van der Waals surface area contributed by atoms with Crippen molar-refractivity contribution >= 4 is 50.9 Å². The number of hydrogen-bond donors (Lipinski definition) is 1. The first-order valence-electron chi connectivity index (χ1n) is 11.2. The van der Waals surface area contributed by atoms with Crippen LogP contribution in [0.1, 0.15) is 31.4 Å². The average Bonchev–Trinajstić information content (AvgIpc) is 3.04. The molecule has 3 aromatic carbocycles. The lowest BCUT2D eigenvalue weighted by Crippen LogP contribution is -2.36. The van der Waals surface area contributed by atoms with Gasteiger partial charge in [0, 0.05) is 18.7 Å². The highest BCUT2D eigenvalue weighted by Crippen LogP contribution is 2.33. The van der Waals surface area contributed by atoms with Gasteiger partial charge in [-0.25, -0.2) is 4.99 Å². The predicted molar refractivity (Wildman–Crippen MR) is 138 cm³/mol. The quantitative estimate of drug-likeness (QED) is 0.486. The number of aryl methyl sites for hydroxylation is 2. The first kappa shape index (κ1) is 23.1. The van der Waals surface area contributed by atoms with Gasteiger partial charge in [-0.1, -0.05) is 62.0 Å². The number of rotatable bonds is 6. The second kappa shape index (κ2) is 9.79. The number of benzene rings is 3. The second-order valence-electron chi connectivity index (χ2n) is 8.93. The van der Waals surface area contributed by atoms with Crippen LogP contribution in [-0.2, 0) is 9.59 Å². The molecule has 1 unspecified atom stereocenters. The van der Waals surface area contributed by atoms with Crippen LogP contribution >= 0.6 is 11.8 Å². The zero-order valence-electron chi connectivity index (χ0n) is 19.5. The van der Waals surface area contributed by atoms with Gasteiger partial charge in [-0.15, -0.1) is 0 Å². The molecule has 1 atom stereocenters. The third kappa shape index (κ3) is 5.45. The van der Waals surface area contributed by atoms with Crippen LogP contribution < -0.4 is 5.32 Å². The molecule has 0 bridgehead atoms. The number of nitrogens with zero attached hydrogens (tertiary/aromatic N) is 2. The van der Waals surface area contributed by atoms with E-state index in [2.05, 4.69) is 33.0 Å². The van der Waals surface area contributed by atoms with E-state index in [1.807, 2.05) is 60.7 Å². The van der Waals surface area contributed by atoms with Gasteiger partial charge in [-0.05, 0) is 65.9 Å². The molecule has 33 heavy (non-hydrogen) atoms. The highest BCUT2D eigenvalue weighted by Gasteiger charge is 2.39. The first-order chi connectivity index (χ1) is 15.8. The molecule has 0 aliphatic carbocycles. The van der Waals surface area contributed by atoms with Crippen molar-refractivity contribution in [2.75, 3.05) is 11.9 Å². The van der Waals surface area contributed by atoms with E-state index in [1.165, 1.54) is 17.3 Å². The maximum absolute atomic E-state index is 13.2. The molecule has 0 saturated carbocycles. The molecule has 4 rings (SSSR count). The van der Waals surface area contributed by atoms with Crippen molar-refractivity contribution < 1.29 is 9.59 Å². The topological polar surface area (TPSA) is 61.8 Å². The SMILES string of the molecule is Cc1ccc(N=C2SC(CC(=O)Nc3ccc4ccccc4c3)C(=O)N2CC(C)C)cc1C. The molecule has 0 spiro atoms. The summed E-state index contributed by atoms with van der Waals surface area (Å²) in [7, 11) is 0. The highest BCUT2D eigenvalue weighted by atomic mass is 32.2. The predicted octanol–water partition coefficient (Wildman–Crippen LogP) is 6.07. The summed E-state index contributed by atoms with van der Waals surface area (Å²) in [6.07, 6.45) is 0.108. The Labute approximate surface area is 199 Å². The van der Waals surface area contributed by atoms with Crippen molar-refractivity contribution in [1.29, 1.82) is 0 Å². The molecule has 2 amide bonds. The van der Waals surface area contributed by atoms with E-state index in [-0.39, 0.29) is 18.2 Å². The molecule has 0 aromatic heterocycles. The number of carbonyl (C=O) groups is 2. The first-order valence-corrected chi connectivity index (χ1v) is 12.1. The van der Waals surface area contributed by atoms with E-state index in [9.17, 15) is 9.59 Å². The number of thioether (sulfide) groups is 1.